The molecule has 0 aliphatic carbocycles. The SMILES string of the molecule is CN(c1ccccc1)c1ccc2cc(C(N)=O)oc2c1. The Labute approximate surface area is 116 Å². The van der Waals surface area contributed by atoms with Crippen molar-refractivity contribution in [3.63, 3.8) is 0 Å². The number of fused-ring (bicyclic) bond motifs is 1. The van der Waals surface area contributed by atoms with Crippen molar-refractivity contribution >= 4 is 28.3 Å². The summed E-state index contributed by atoms with van der Waals surface area (Å²) in [7, 11) is 1.98. The van der Waals surface area contributed by atoms with Gasteiger partial charge in [-0.15, -0.1) is 0 Å². The fourth-order valence-electron chi connectivity index (χ4n) is 2.15. The van der Waals surface area contributed by atoms with Crippen LogP contribution in [0.3, 0.4) is 0 Å². The zero-order valence-electron chi connectivity index (χ0n) is 11.0. The van der Waals surface area contributed by atoms with Gasteiger partial charge in [0.2, 0.25) is 0 Å². The third-order valence-electron chi connectivity index (χ3n) is 3.28. The number of hydrogen-bond acceptors (Lipinski definition) is 3. The molecule has 0 fully saturated rings. The van der Waals surface area contributed by atoms with Gasteiger partial charge in [-0.25, -0.2) is 0 Å². The molecule has 20 heavy (non-hydrogen) atoms. The maximum Gasteiger partial charge on any atom is 0.284 e. The second-order valence-corrected chi connectivity index (χ2v) is 4.59. The summed E-state index contributed by atoms with van der Waals surface area (Å²) < 4.78 is 5.45. The number of anilines is 2. The van der Waals surface area contributed by atoms with Crippen LogP contribution >= 0.6 is 0 Å². The fourth-order valence-corrected chi connectivity index (χ4v) is 2.15. The summed E-state index contributed by atoms with van der Waals surface area (Å²) in [6.07, 6.45) is 0. The zero-order valence-corrected chi connectivity index (χ0v) is 11.0. The Morgan fingerprint density at radius 2 is 1.80 bits per heavy atom. The molecule has 2 N–H and O–H groups in total. The van der Waals surface area contributed by atoms with Crippen molar-refractivity contribution in [2.45, 2.75) is 0 Å². The quantitative estimate of drug-likeness (QED) is 0.791. The zero-order chi connectivity index (χ0) is 14.1. The molecular weight excluding hydrogens is 252 g/mol. The lowest BCUT2D eigenvalue weighted by molar-refractivity contribution is 0.0976. The molecule has 3 rings (SSSR count). The summed E-state index contributed by atoms with van der Waals surface area (Å²) >= 11 is 0. The Bertz CT molecular complexity index is 763. The molecule has 0 aliphatic rings. The molecule has 0 saturated carbocycles. The van der Waals surface area contributed by atoms with E-state index in [1.165, 1.54) is 0 Å². The molecule has 4 heteroatoms. The number of hydrogen-bond donors (Lipinski definition) is 1. The highest BCUT2D eigenvalue weighted by atomic mass is 16.3. The molecule has 0 radical (unpaired) electrons. The summed E-state index contributed by atoms with van der Waals surface area (Å²) in [5.41, 5.74) is 7.93. The number of rotatable bonds is 3. The molecule has 1 heterocycles. The van der Waals surface area contributed by atoms with E-state index in [4.69, 9.17) is 10.2 Å². The largest absolute Gasteiger partial charge is 0.451 e. The monoisotopic (exact) mass is 266 g/mol. The van der Waals surface area contributed by atoms with Crippen molar-refractivity contribution in [2.75, 3.05) is 11.9 Å². The topological polar surface area (TPSA) is 59.5 Å². The number of para-hydroxylation sites is 1. The van der Waals surface area contributed by atoms with Crippen LogP contribution in [0.1, 0.15) is 10.6 Å². The number of furan rings is 1. The van der Waals surface area contributed by atoms with Crippen LogP contribution in [0.4, 0.5) is 11.4 Å². The molecule has 4 nitrogen and oxygen atoms in total. The number of primary amides is 1. The van der Waals surface area contributed by atoms with Crippen molar-refractivity contribution in [1.29, 1.82) is 0 Å². The highest BCUT2D eigenvalue weighted by Crippen LogP contribution is 2.28. The lowest BCUT2D eigenvalue weighted by atomic mass is 10.2. The predicted molar refractivity (Wildman–Crippen MR) is 79.2 cm³/mol. The minimum Gasteiger partial charge on any atom is -0.451 e. The van der Waals surface area contributed by atoms with E-state index in [9.17, 15) is 4.79 Å². The summed E-state index contributed by atoms with van der Waals surface area (Å²) in [6.45, 7) is 0. The highest BCUT2D eigenvalue weighted by Gasteiger charge is 2.10. The minimum absolute atomic E-state index is 0.180. The smallest absolute Gasteiger partial charge is 0.284 e. The van der Waals surface area contributed by atoms with Gasteiger partial charge in [-0.05, 0) is 30.3 Å². The van der Waals surface area contributed by atoms with E-state index in [2.05, 4.69) is 0 Å². The normalized spacial score (nSPS) is 10.7. The van der Waals surface area contributed by atoms with Gasteiger partial charge >= 0.3 is 0 Å². The molecule has 0 aliphatic heterocycles. The minimum atomic E-state index is -0.556. The molecule has 1 aromatic heterocycles. The van der Waals surface area contributed by atoms with E-state index in [1.807, 2.05) is 60.5 Å². The summed E-state index contributed by atoms with van der Waals surface area (Å²) in [6, 6.07) is 17.5. The molecule has 0 saturated heterocycles. The van der Waals surface area contributed by atoms with Crippen LogP contribution in [0.5, 0.6) is 0 Å². The molecule has 1 amide bonds. The first-order valence-corrected chi connectivity index (χ1v) is 6.27. The summed E-state index contributed by atoms with van der Waals surface area (Å²) in [4.78, 5) is 13.2. The Morgan fingerprint density at radius 3 is 2.50 bits per heavy atom. The molecule has 2 aromatic carbocycles. The van der Waals surface area contributed by atoms with E-state index >= 15 is 0 Å². The van der Waals surface area contributed by atoms with Crippen LogP contribution in [-0.2, 0) is 0 Å². The van der Waals surface area contributed by atoms with Gasteiger partial charge in [0.1, 0.15) is 5.58 Å². The van der Waals surface area contributed by atoms with Crippen LogP contribution in [-0.4, -0.2) is 13.0 Å². The average Bonchev–Trinajstić information content (AvgIpc) is 2.90. The predicted octanol–water partition coefficient (Wildman–Crippen LogP) is 3.30. The van der Waals surface area contributed by atoms with Crippen LogP contribution in [0.2, 0.25) is 0 Å². The van der Waals surface area contributed by atoms with E-state index < -0.39 is 5.91 Å². The van der Waals surface area contributed by atoms with Gasteiger partial charge in [-0.1, -0.05) is 18.2 Å². The second kappa shape index (κ2) is 4.74. The second-order valence-electron chi connectivity index (χ2n) is 4.59. The Balaban J connectivity index is 2.02. The van der Waals surface area contributed by atoms with Gasteiger partial charge in [0.15, 0.2) is 5.76 Å². The maximum atomic E-state index is 11.1. The van der Waals surface area contributed by atoms with Crippen molar-refractivity contribution < 1.29 is 9.21 Å². The molecule has 0 unspecified atom stereocenters. The van der Waals surface area contributed by atoms with E-state index in [1.54, 1.807) is 6.07 Å². The van der Waals surface area contributed by atoms with Crippen LogP contribution in [0.25, 0.3) is 11.0 Å². The number of carbonyl (C=O) groups excluding carboxylic acids is 1. The van der Waals surface area contributed by atoms with Crippen LogP contribution < -0.4 is 10.6 Å². The maximum absolute atomic E-state index is 11.1. The summed E-state index contributed by atoms with van der Waals surface area (Å²) in [5.74, 6) is -0.376. The molecule has 100 valence electrons. The number of nitrogens with two attached hydrogens (primary N) is 1. The van der Waals surface area contributed by atoms with Crippen LogP contribution in [0.15, 0.2) is 59.0 Å². The van der Waals surface area contributed by atoms with Gasteiger partial charge < -0.3 is 15.1 Å². The van der Waals surface area contributed by atoms with Gasteiger partial charge in [-0.2, -0.15) is 0 Å². The first kappa shape index (κ1) is 12.3. The first-order valence-electron chi connectivity index (χ1n) is 6.27. The van der Waals surface area contributed by atoms with Crippen molar-refractivity contribution in [2.24, 2.45) is 5.73 Å². The van der Waals surface area contributed by atoms with E-state index in [0.717, 1.165) is 16.8 Å². The molecule has 0 spiro atoms. The molecule has 0 atom stereocenters. The van der Waals surface area contributed by atoms with Crippen molar-refractivity contribution in [3.8, 4) is 0 Å². The lowest BCUT2D eigenvalue weighted by Crippen LogP contribution is -2.09. The number of amides is 1. The first-order chi connectivity index (χ1) is 9.65. The molecule has 0 bridgehead atoms. The average molecular weight is 266 g/mol. The van der Waals surface area contributed by atoms with Gasteiger partial charge in [0.25, 0.3) is 5.91 Å². The highest BCUT2D eigenvalue weighted by molar-refractivity contribution is 5.95. The Morgan fingerprint density at radius 1 is 1.05 bits per heavy atom. The third-order valence-corrected chi connectivity index (χ3v) is 3.28. The van der Waals surface area contributed by atoms with Gasteiger partial charge in [0.05, 0.1) is 0 Å². The Hall–Kier alpha value is -2.75. The van der Waals surface area contributed by atoms with Crippen LogP contribution in [0, 0.1) is 0 Å². The molecular formula is C16H14N2O2. The van der Waals surface area contributed by atoms with Gasteiger partial charge in [0, 0.05) is 29.9 Å². The van der Waals surface area contributed by atoms with E-state index in [0.29, 0.717) is 5.58 Å². The van der Waals surface area contributed by atoms with Gasteiger partial charge in [-0.3, -0.25) is 4.79 Å². The van der Waals surface area contributed by atoms with Crippen molar-refractivity contribution in [1.82, 2.24) is 0 Å². The van der Waals surface area contributed by atoms with E-state index in [-0.39, 0.29) is 5.76 Å². The van der Waals surface area contributed by atoms with Crippen molar-refractivity contribution in [3.05, 3.63) is 60.4 Å². The Kier molecular flexibility index (Phi) is 2.91. The number of carbonyl (C=O) groups is 1. The lowest BCUT2D eigenvalue weighted by Gasteiger charge is -2.19. The standard InChI is InChI=1S/C16H14N2O2/c1-18(12-5-3-2-4-6-12)13-8-7-11-9-15(16(17)19)20-14(11)10-13/h2-10H,1H3,(H2,17,19). The number of nitrogens with zero attached hydrogens (tertiary/aromatic N) is 1. The summed E-state index contributed by atoms with van der Waals surface area (Å²) in [5, 5.41) is 0.865. The molecule has 3 aromatic rings. The number of benzene rings is 2. The third kappa shape index (κ3) is 2.12. The fraction of sp³-hybridized carbons (Fsp3) is 0.0625.